The summed E-state index contributed by atoms with van der Waals surface area (Å²) in [5, 5.41) is 1.67. The molecule has 3 rings (SSSR count). The summed E-state index contributed by atoms with van der Waals surface area (Å²) in [5.74, 6) is 0.684. The van der Waals surface area contributed by atoms with Crippen molar-refractivity contribution in [2.45, 2.75) is 26.5 Å². The Balaban J connectivity index is 1.99. The van der Waals surface area contributed by atoms with Gasteiger partial charge in [-0.15, -0.1) is 0 Å². The first-order valence-corrected chi connectivity index (χ1v) is 7.71. The molecule has 2 N–H and O–H groups in total. The Bertz CT molecular complexity index is 808. The number of ether oxygens (including phenoxy) is 1. The largest absolute Gasteiger partial charge is 0.487 e. The van der Waals surface area contributed by atoms with Crippen LogP contribution in [0.2, 0.25) is 5.02 Å². The molecule has 0 amide bonds. The van der Waals surface area contributed by atoms with Gasteiger partial charge in [0.1, 0.15) is 12.4 Å². The lowest BCUT2D eigenvalue weighted by Gasteiger charge is -2.08. The Hall–Kier alpha value is -2.13. The molecule has 0 unspecified atom stereocenters. The van der Waals surface area contributed by atoms with Crippen molar-refractivity contribution in [3.05, 3.63) is 59.2 Å². The topological polar surface area (TPSA) is 40.2 Å². The summed E-state index contributed by atoms with van der Waals surface area (Å²) in [5.41, 5.74) is 9.15. The van der Waals surface area contributed by atoms with Gasteiger partial charge >= 0.3 is 0 Å². The van der Waals surface area contributed by atoms with E-state index >= 15 is 0 Å². The highest BCUT2D eigenvalue weighted by atomic mass is 35.5. The number of nitrogens with zero attached hydrogens (tertiary/aromatic N) is 1. The number of nitrogens with two attached hydrogens (primary N) is 1. The number of aromatic nitrogens is 1. The van der Waals surface area contributed by atoms with E-state index in [0.29, 0.717) is 23.4 Å². The molecular weight excluding hydrogens is 296 g/mol. The molecule has 0 bridgehead atoms. The highest BCUT2D eigenvalue weighted by molar-refractivity contribution is 6.32. The minimum atomic E-state index is 0.360. The van der Waals surface area contributed by atoms with E-state index in [1.165, 1.54) is 0 Å². The van der Waals surface area contributed by atoms with Crippen molar-refractivity contribution in [3.8, 4) is 5.75 Å². The zero-order valence-corrected chi connectivity index (χ0v) is 13.5. The molecule has 0 atom stereocenters. The third-order valence-corrected chi connectivity index (χ3v) is 4.06. The van der Waals surface area contributed by atoms with Gasteiger partial charge in [-0.25, -0.2) is 0 Å². The van der Waals surface area contributed by atoms with E-state index in [1.54, 1.807) is 0 Å². The van der Waals surface area contributed by atoms with Crippen molar-refractivity contribution in [3.63, 3.8) is 0 Å². The van der Waals surface area contributed by atoms with Crippen molar-refractivity contribution < 1.29 is 4.74 Å². The van der Waals surface area contributed by atoms with Crippen LogP contribution < -0.4 is 10.5 Å². The fraction of sp³-hybridized carbons (Fsp3) is 0.222. The number of fused-ring (bicyclic) bond motifs is 1. The number of para-hydroxylation sites is 1. The van der Waals surface area contributed by atoms with E-state index in [1.807, 2.05) is 36.4 Å². The van der Waals surface area contributed by atoms with Crippen LogP contribution in [-0.2, 0) is 6.61 Å². The number of rotatable bonds is 4. The molecule has 1 heterocycles. The summed E-state index contributed by atoms with van der Waals surface area (Å²) >= 11 is 6.14. The molecule has 0 aliphatic rings. The second kappa shape index (κ2) is 5.93. The minimum Gasteiger partial charge on any atom is -0.487 e. The van der Waals surface area contributed by atoms with Crippen LogP contribution in [0.4, 0.5) is 5.69 Å². The van der Waals surface area contributed by atoms with Crippen molar-refractivity contribution in [1.82, 2.24) is 4.57 Å². The zero-order valence-electron chi connectivity index (χ0n) is 12.7. The first kappa shape index (κ1) is 14.8. The maximum atomic E-state index is 6.17. The number of benzene rings is 2. The van der Waals surface area contributed by atoms with Gasteiger partial charge in [0.2, 0.25) is 0 Å². The van der Waals surface area contributed by atoms with E-state index in [9.17, 15) is 0 Å². The van der Waals surface area contributed by atoms with Gasteiger partial charge in [0.25, 0.3) is 0 Å². The van der Waals surface area contributed by atoms with Crippen LogP contribution in [0.15, 0.2) is 48.7 Å². The third-order valence-electron chi connectivity index (χ3n) is 3.75. The molecule has 0 radical (unpaired) electrons. The molecule has 1 aromatic heterocycles. The van der Waals surface area contributed by atoms with Crippen LogP contribution in [0, 0.1) is 0 Å². The van der Waals surface area contributed by atoms with Gasteiger partial charge in [-0.1, -0.05) is 29.8 Å². The molecule has 114 valence electrons. The molecular formula is C18H19ClN2O. The highest BCUT2D eigenvalue weighted by Crippen LogP contribution is 2.31. The van der Waals surface area contributed by atoms with Gasteiger partial charge in [-0.05, 0) is 38.1 Å². The Morgan fingerprint density at radius 3 is 2.64 bits per heavy atom. The molecule has 0 fully saturated rings. The van der Waals surface area contributed by atoms with E-state index < -0.39 is 0 Å². The average molecular weight is 315 g/mol. The molecule has 22 heavy (non-hydrogen) atoms. The Morgan fingerprint density at radius 2 is 1.91 bits per heavy atom. The molecule has 4 heteroatoms. The summed E-state index contributed by atoms with van der Waals surface area (Å²) in [6.07, 6.45) is 2.11. The van der Waals surface area contributed by atoms with Gasteiger partial charge in [-0.2, -0.15) is 0 Å². The van der Waals surface area contributed by atoms with Gasteiger partial charge < -0.3 is 15.0 Å². The fourth-order valence-corrected chi connectivity index (χ4v) is 2.87. The van der Waals surface area contributed by atoms with E-state index in [-0.39, 0.29) is 0 Å². The number of halogens is 1. The maximum absolute atomic E-state index is 6.17. The molecule has 0 saturated heterocycles. The quantitative estimate of drug-likeness (QED) is 0.685. The Labute approximate surface area is 135 Å². The van der Waals surface area contributed by atoms with Crippen molar-refractivity contribution in [2.24, 2.45) is 0 Å². The van der Waals surface area contributed by atoms with Crippen LogP contribution in [0.3, 0.4) is 0 Å². The number of nitrogen functional groups attached to an aromatic ring is 1. The fourth-order valence-electron chi connectivity index (χ4n) is 2.68. The minimum absolute atomic E-state index is 0.360. The predicted octanol–water partition coefficient (Wildman–Crippen LogP) is 5.04. The Morgan fingerprint density at radius 1 is 1.14 bits per heavy atom. The number of hydrogen-bond donors (Lipinski definition) is 1. The van der Waals surface area contributed by atoms with Crippen LogP contribution in [0.5, 0.6) is 5.75 Å². The van der Waals surface area contributed by atoms with Crippen molar-refractivity contribution in [2.75, 3.05) is 5.73 Å². The van der Waals surface area contributed by atoms with Crippen molar-refractivity contribution in [1.29, 1.82) is 0 Å². The van der Waals surface area contributed by atoms with Crippen molar-refractivity contribution >= 4 is 28.2 Å². The van der Waals surface area contributed by atoms with Crippen LogP contribution in [0.25, 0.3) is 10.9 Å². The summed E-state index contributed by atoms with van der Waals surface area (Å²) in [7, 11) is 0. The SMILES string of the molecule is CC(C)n1cc(COc2ccccc2Cl)c2c(N)cccc21. The molecule has 2 aromatic carbocycles. The molecule has 3 nitrogen and oxygen atoms in total. The summed E-state index contributed by atoms with van der Waals surface area (Å²) in [6, 6.07) is 13.8. The third kappa shape index (κ3) is 2.64. The second-order valence-electron chi connectivity index (χ2n) is 5.62. The predicted molar refractivity (Wildman–Crippen MR) is 92.5 cm³/mol. The molecule has 0 spiro atoms. The lowest BCUT2D eigenvalue weighted by molar-refractivity contribution is 0.307. The highest BCUT2D eigenvalue weighted by Gasteiger charge is 2.13. The lowest BCUT2D eigenvalue weighted by atomic mass is 10.1. The second-order valence-corrected chi connectivity index (χ2v) is 6.02. The zero-order chi connectivity index (χ0) is 15.7. The molecule has 0 saturated carbocycles. The summed E-state index contributed by atoms with van der Waals surface area (Å²) in [6.45, 7) is 4.75. The average Bonchev–Trinajstić information content (AvgIpc) is 2.87. The van der Waals surface area contributed by atoms with Crippen LogP contribution >= 0.6 is 11.6 Å². The van der Waals surface area contributed by atoms with Gasteiger partial charge in [0.15, 0.2) is 0 Å². The number of hydrogen-bond acceptors (Lipinski definition) is 2. The van der Waals surface area contributed by atoms with Gasteiger partial charge in [0.05, 0.1) is 10.5 Å². The molecule has 0 aliphatic carbocycles. The molecule has 0 aliphatic heterocycles. The van der Waals surface area contributed by atoms with E-state index in [2.05, 4.69) is 30.7 Å². The van der Waals surface area contributed by atoms with Crippen LogP contribution in [-0.4, -0.2) is 4.57 Å². The first-order valence-electron chi connectivity index (χ1n) is 7.33. The normalized spacial score (nSPS) is 11.3. The maximum Gasteiger partial charge on any atom is 0.138 e. The summed E-state index contributed by atoms with van der Waals surface area (Å²) in [4.78, 5) is 0. The first-order chi connectivity index (χ1) is 10.6. The van der Waals surface area contributed by atoms with Gasteiger partial charge in [0, 0.05) is 28.9 Å². The smallest absolute Gasteiger partial charge is 0.138 e. The summed E-state index contributed by atoms with van der Waals surface area (Å²) < 4.78 is 8.10. The molecule has 3 aromatic rings. The Kier molecular flexibility index (Phi) is 3.99. The lowest BCUT2D eigenvalue weighted by Crippen LogP contribution is -1.98. The standard InChI is InChI=1S/C18H19ClN2O/c1-12(2)21-10-13(18-15(20)7-5-8-16(18)21)11-22-17-9-4-3-6-14(17)19/h3-10,12H,11,20H2,1-2H3. The van der Waals surface area contributed by atoms with Gasteiger partial charge in [-0.3, -0.25) is 0 Å². The monoisotopic (exact) mass is 314 g/mol. The van der Waals surface area contributed by atoms with E-state index in [0.717, 1.165) is 22.2 Å². The number of anilines is 1. The van der Waals surface area contributed by atoms with E-state index in [4.69, 9.17) is 22.1 Å². The van der Waals surface area contributed by atoms with Crippen LogP contribution in [0.1, 0.15) is 25.5 Å².